The molecular weight excluding hydrogens is 416 g/mol. The Morgan fingerprint density at radius 2 is 1.67 bits per heavy atom. The number of fused-ring (bicyclic) bond motifs is 1. The molecule has 0 aliphatic heterocycles. The van der Waals surface area contributed by atoms with Gasteiger partial charge in [0.2, 0.25) is 0 Å². The van der Waals surface area contributed by atoms with E-state index in [1.54, 1.807) is 4.90 Å². The zero-order valence-electron chi connectivity index (χ0n) is 18.5. The minimum Gasteiger partial charge on any atom is -0.334 e. The van der Waals surface area contributed by atoms with Gasteiger partial charge in [-0.05, 0) is 30.0 Å². The molecule has 0 unspecified atom stereocenters. The number of H-pyrrole nitrogens is 1. The fourth-order valence-electron chi connectivity index (χ4n) is 3.86. The van der Waals surface area contributed by atoms with E-state index in [0.29, 0.717) is 43.7 Å². The maximum atomic E-state index is 13.5. The smallest absolute Gasteiger partial charge is 0.329 e. The first-order chi connectivity index (χ1) is 16.1. The fourth-order valence-corrected chi connectivity index (χ4v) is 3.86. The molecule has 7 nitrogen and oxygen atoms in total. The second kappa shape index (κ2) is 10.1. The Balaban J connectivity index is 1.68. The van der Waals surface area contributed by atoms with Crippen LogP contribution in [0, 0.1) is 0 Å². The number of nitrogens with one attached hydrogen (secondary N) is 1. The van der Waals surface area contributed by atoms with Crippen LogP contribution in [-0.2, 0) is 19.5 Å². The van der Waals surface area contributed by atoms with Crippen LogP contribution in [0.2, 0.25) is 0 Å². The van der Waals surface area contributed by atoms with E-state index in [1.165, 1.54) is 16.8 Å². The Morgan fingerprint density at radius 3 is 2.33 bits per heavy atom. The lowest BCUT2D eigenvalue weighted by atomic mass is 10.1. The molecule has 0 aliphatic carbocycles. The molecule has 0 fully saturated rings. The van der Waals surface area contributed by atoms with Crippen LogP contribution in [0.3, 0.4) is 0 Å². The number of benzene rings is 2. The lowest BCUT2D eigenvalue weighted by Gasteiger charge is -2.23. The molecule has 0 bridgehead atoms. The number of aryl methyl sites for hydroxylation is 1. The number of carbonyl (C=O) groups is 1. The van der Waals surface area contributed by atoms with Gasteiger partial charge in [-0.1, -0.05) is 67.6 Å². The Morgan fingerprint density at radius 1 is 1.00 bits per heavy atom. The molecule has 0 saturated heterocycles. The summed E-state index contributed by atoms with van der Waals surface area (Å²) in [6.45, 7) is 3.33. The second-order valence-electron chi connectivity index (χ2n) is 7.95. The van der Waals surface area contributed by atoms with Gasteiger partial charge < -0.3 is 4.90 Å². The van der Waals surface area contributed by atoms with Gasteiger partial charge in [-0.15, -0.1) is 0 Å². The van der Waals surface area contributed by atoms with Crippen LogP contribution in [0.15, 0.2) is 82.5 Å². The van der Waals surface area contributed by atoms with Crippen molar-refractivity contribution in [1.29, 1.82) is 0 Å². The van der Waals surface area contributed by atoms with Crippen molar-refractivity contribution in [2.24, 2.45) is 0 Å². The SMILES string of the molecule is CCCn1c(=O)[nH]c(=O)c2cc(C(=O)N(CCc3ccccc3)Cc3ccccc3)cnc21. The van der Waals surface area contributed by atoms with Gasteiger partial charge in [-0.2, -0.15) is 0 Å². The standard InChI is InChI=1S/C26H26N4O3/c1-2-14-30-23-22(24(31)28-26(30)33)16-21(17-27-23)25(32)29(18-20-11-7-4-8-12-20)15-13-19-9-5-3-6-10-19/h3-12,16-17H,2,13-15,18H2,1H3,(H,28,31,33). The van der Waals surface area contributed by atoms with Crippen molar-refractivity contribution in [3.05, 3.63) is 110 Å². The Labute approximate surface area is 191 Å². The van der Waals surface area contributed by atoms with Gasteiger partial charge >= 0.3 is 5.69 Å². The van der Waals surface area contributed by atoms with E-state index in [9.17, 15) is 14.4 Å². The Hall–Kier alpha value is -4.00. The molecule has 4 aromatic rings. The van der Waals surface area contributed by atoms with Crippen molar-refractivity contribution in [1.82, 2.24) is 19.4 Å². The molecule has 0 saturated carbocycles. The quantitative estimate of drug-likeness (QED) is 0.453. The predicted octanol–water partition coefficient (Wildman–Crippen LogP) is 3.38. The maximum Gasteiger partial charge on any atom is 0.329 e. The van der Waals surface area contributed by atoms with Gasteiger partial charge in [0.15, 0.2) is 0 Å². The van der Waals surface area contributed by atoms with Crippen molar-refractivity contribution in [2.75, 3.05) is 6.54 Å². The lowest BCUT2D eigenvalue weighted by molar-refractivity contribution is 0.0745. The molecule has 1 amide bonds. The summed E-state index contributed by atoms with van der Waals surface area (Å²) in [5, 5.41) is 0.233. The van der Waals surface area contributed by atoms with Gasteiger partial charge in [-0.25, -0.2) is 9.78 Å². The molecule has 0 radical (unpaired) electrons. The number of aromatic nitrogens is 3. The van der Waals surface area contributed by atoms with Gasteiger partial charge in [-0.3, -0.25) is 19.1 Å². The van der Waals surface area contributed by atoms with Crippen molar-refractivity contribution in [3.8, 4) is 0 Å². The highest BCUT2D eigenvalue weighted by Crippen LogP contribution is 2.14. The summed E-state index contributed by atoms with van der Waals surface area (Å²) >= 11 is 0. The Bertz CT molecular complexity index is 1360. The predicted molar refractivity (Wildman–Crippen MR) is 128 cm³/mol. The van der Waals surface area contributed by atoms with Crippen molar-refractivity contribution < 1.29 is 4.79 Å². The number of amides is 1. The fraction of sp³-hybridized carbons (Fsp3) is 0.231. The van der Waals surface area contributed by atoms with Crippen LogP contribution in [0.5, 0.6) is 0 Å². The highest BCUT2D eigenvalue weighted by Gasteiger charge is 2.19. The molecule has 0 atom stereocenters. The van der Waals surface area contributed by atoms with Crippen LogP contribution < -0.4 is 11.2 Å². The van der Waals surface area contributed by atoms with Gasteiger partial charge in [0.25, 0.3) is 11.5 Å². The first-order valence-corrected chi connectivity index (χ1v) is 11.1. The van der Waals surface area contributed by atoms with Gasteiger partial charge in [0, 0.05) is 25.8 Å². The number of pyridine rings is 1. The lowest BCUT2D eigenvalue weighted by Crippen LogP contribution is -2.34. The highest BCUT2D eigenvalue weighted by atomic mass is 16.2. The van der Waals surface area contributed by atoms with Crippen LogP contribution in [0.4, 0.5) is 0 Å². The molecule has 0 spiro atoms. The van der Waals surface area contributed by atoms with E-state index < -0.39 is 11.2 Å². The van der Waals surface area contributed by atoms with E-state index in [1.807, 2.05) is 67.6 Å². The molecule has 2 aromatic heterocycles. The Kier molecular flexibility index (Phi) is 6.78. The molecule has 7 heteroatoms. The topological polar surface area (TPSA) is 88.1 Å². The van der Waals surface area contributed by atoms with Crippen LogP contribution in [0.1, 0.15) is 34.8 Å². The molecule has 0 aliphatic rings. The normalized spacial score (nSPS) is 10.9. The summed E-state index contributed by atoms with van der Waals surface area (Å²) in [6.07, 6.45) is 2.88. The first-order valence-electron chi connectivity index (χ1n) is 11.1. The third-order valence-electron chi connectivity index (χ3n) is 5.54. The van der Waals surface area contributed by atoms with Gasteiger partial charge in [0.1, 0.15) is 5.65 Å². The number of aromatic amines is 1. The summed E-state index contributed by atoms with van der Waals surface area (Å²) in [6, 6.07) is 21.3. The summed E-state index contributed by atoms with van der Waals surface area (Å²) in [5.74, 6) is -0.211. The number of rotatable bonds is 8. The third-order valence-corrected chi connectivity index (χ3v) is 5.54. The van der Waals surface area contributed by atoms with E-state index in [4.69, 9.17) is 0 Å². The van der Waals surface area contributed by atoms with Crippen molar-refractivity contribution in [2.45, 2.75) is 32.9 Å². The molecule has 168 valence electrons. The number of carbonyl (C=O) groups excluding carboxylic acids is 1. The number of hydrogen-bond donors (Lipinski definition) is 1. The van der Waals surface area contributed by atoms with Crippen LogP contribution in [-0.4, -0.2) is 31.9 Å². The van der Waals surface area contributed by atoms with Crippen molar-refractivity contribution >= 4 is 16.9 Å². The van der Waals surface area contributed by atoms with E-state index in [2.05, 4.69) is 9.97 Å². The summed E-state index contributed by atoms with van der Waals surface area (Å²) in [5.41, 5.74) is 1.74. The monoisotopic (exact) mass is 442 g/mol. The van der Waals surface area contributed by atoms with E-state index >= 15 is 0 Å². The van der Waals surface area contributed by atoms with E-state index in [0.717, 1.165) is 11.1 Å². The summed E-state index contributed by atoms with van der Waals surface area (Å²) in [7, 11) is 0. The van der Waals surface area contributed by atoms with Gasteiger partial charge in [0.05, 0.1) is 10.9 Å². The average molecular weight is 443 g/mol. The zero-order valence-corrected chi connectivity index (χ0v) is 18.5. The molecule has 33 heavy (non-hydrogen) atoms. The second-order valence-corrected chi connectivity index (χ2v) is 7.95. The number of nitrogens with zero attached hydrogens (tertiary/aromatic N) is 3. The molecule has 2 heterocycles. The van der Waals surface area contributed by atoms with E-state index in [-0.39, 0.29) is 11.3 Å². The summed E-state index contributed by atoms with van der Waals surface area (Å²) in [4.78, 5) is 46.6. The van der Waals surface area contributed by atoms with Crippen molar-refractivity contribution in [3.63, 3.8) is 0 Å². The third kappa shape index (κ3) is 5.09. The van der Waals surface area contributed by atoms with Crippen LogP contribution >= 0.6 is 0 Å². The molecule has 1 N–H and O–H groups in total. The largest absolute Gasteiger partial charge is 0.334 e. The number of hydrogen-bond acceptors (Lipinski definition) is 4. The minimum absolute atomic E-state index is 0.211. The zero-order chi connectivity index (χ0) is 23.2. The minimum atomic E-state index is -0.539. The molecule has 4 rings (SSSR count). The maximum absolute atomic E-state index is 13.5. The average Bonchev–Trinajstić information content (AvgIpc) is 2.85. The first kappa shape index (κ1) is 22.2. The molecular formula is C26H26N4O3. The highest BCUT2D eigenvalue weighted by molar-refractivity contribution is 5.96. The molecule has 2 aromatic carbocycles. The summed E-state index contributed by atoms with van der Waals surface area (Å²) < 4.78 is 1.43. The van der Waals surface area contributed by atoms with Crippen LogP contribution in [0.25, 0.3) is 11.0 Å².